The number of amides is 1. The molecule has 164 valence electrons. The number of hydrogen-bond acceptors (Lipinski definition) is 5. The number of nitrogens with zero attached hydrogens (tertiary/aromatic N) is 3. The summed E-state index contributed by atoms with van der Waals surface area (Å²) in [6, 6.07) is 4.44. The van der Waals surface area contributed by atoms with Crippen LogP contribution in [-0.4, -0.2) is 55.1 Å². The Balaban J connectivity index is 1.21. The minimum atomic E-state index is 0.151. The van der Waals surface area contributed by atoms with Crippen LogP contribution in [-0.2, 0) is 4.79 Å². The standard InChI is InChI=1S/C24H36N4OS/c1-18-16-19(2)22-21(17-18)30-24(26-22)28-14-8-20(9-15-28)23(29)25-10-7-13-27-11-5-3-4-6-12-27/h16-17,20H,3-15H2,1-2H3,(H,25,29). The molecule has 0 spiro atoms. The minimum absolute atomic E-state index is 0.151. The number of aryl methyl sites for hydroxylation is 2. The predicted octanol–water partition coefficient (Wildman–Crippen LogP) is 4.51. The van der Waals surface area contributed by atoms with Crippen molar-refractivity contribution in [1.29, 1.82) is 0 Å². The molecule has 2 fully saturated rings. The Bertz CT molecular complexity index is 848. The van der Waals surface area contributed by atoms with Crippen LogP contribution in [0.5, 0.6) is 0 Å². The average molecular weight is 429 g/mol. The second-order valence-electron chi connectivity index (χ2n) is 9.09. The molecule has 30 heavy (non-hydrogen) atoms. The summed E-state index contributed by atoms with van der Waals surface area (Å²) in [5.74, 6) is 0.402. The molecule has 0 aliphatic carbocycles. The Morgan fingerprint density at radius 3 is 2.57 bits per heavy atom. The molecule has 1 aromatic carbocycles. The number of thiazole rings is 1. The maximum absolute atomic E-state index is 12.6. The Labute approximate surface area is 184 Å². The van der Waals surface area contributed by atoms with Crippen molar-refractivity contribution in [2.24, 2.45) is 5.92 Å². The third kappa shape index (κ3) is 5.33. The quantitative estimate of drug-likeness (QED) is 0.688. The monoisotopic (exact) mass is 428 g/mol. The lowest BCUT2D eigenvalue weighted by Gasteiger charge is -2.31. The molecule has 6 heteroatoms. The second-order valence-corrected chi connectivity index (χ2v) is 10.1. The van der Waals surface area contributed by atoms with Crippen molar-refractivity contribution in [3.8, 4) is 0 Å². The maximum Gasteiger partial charge on any atom is 0.223 e. The molecule has 1 aromatic heterocycles. The van der Waals surface area contributed by atoms with Gasteiger partial charge in [-0.15, -0.1) is 0 Å². The zero-order valence-electron chi connectivity index (χ0n) is 18.6. The van der Waals surface area contributed by atoms with Gasteiger partial charge >= 0.3 is 0 Å². The van der Waals surface area contributed by atoms with Gasteiger partial charge in [0.25, 0.3) is 0 Å². The van der Waals surface area contributed by atoms with Gasteiger partial charge in [-0.1, -0.05) is 30.2 Å². The van der Waals surface area contributed by atoms with Crippen molar-refractivity contribution in [3.63, 3.8) is 0 Å². The van der Waals surface area contributed by atoms with Crippen LogP contribution in [0.4, 0.5) is 5.13 Å². The summed E-state index contributed by atoms with van der Waals surface area (Å²) in [5.41, 5.74) is 3.67. The lowest BCUT2D eigenvalue weighted by Crippen LogP contribution is -2.41. The molecular formula is C24H36N4OS. The Morgan fingerprint density at radius 1 is 1.10 bits per heavy atom. The van der Waals surface area contributed by atoms with E-state index < -0.39 is 0 Å². The number of anilines is 1. The predicted molar refractivity (Wildman–Crippen MR) is 127 cm³/mol. The van der Waals surface area contributed by atoms with Gasteiger partial charge in [0.2, 0.25) is 5.91 Å². The van der Waals surface area contributed by atoms with E-state index in [9.17, 15) is 4.79 Å². The van der Waals surface area contributed by atoms with Crippen LogP contribution >= 0.6 is 11.3 Å². The Morgan fingerprint density at radius 2 is 1.83 bits per heavy atom. The highest BCUT2D eigenvalue weighted by Crippen LogP contribution is 2.33. The topological polar surface area (TPSA) is 48.5 Å². The van der Waals surface area contributed by atoms with Crippen LogP contribution < -0.4 is 10.2 Å². The van der Waals surface area contributed by atoms with Gasteiger partial charge in [-0.3, -0.25) is 4.79 Å². The molecule has 0 atom stereocenters. The van der Waals surface area contributed by atoms with E-state index in [1.165, 1.54) is 54.6 Å². The number of fused-ring (bicyclic) bond motifs is 1. The average Bonchev–Trinajstić information content (AvgIpc) is 3.00. The lowest BCUT2D eigenvalue weighted by molar-refractivity contribution is -0.125. The van der Waals surface area contributed by atoms with E-state index in [0.717, 1.165) is 56.1 Å². The maximum atomic E-state index is 12.6. The van der Waals surface area contributed by atoms with Crippen molar-refractivity contribution in [2.45, 2.75) is 58.8 Å². The van der Waals surface area contributed by atoms with Gasteiger partial charge < -0.3 is 15.1 Å². The molecule has 2 aliphatic heterocycles. The van der Waals surface area contributed by atoms with E-state index in [4.69, 9.17) is 4.98 Å². The first-order valence-electron chi connectivity index (χ1n) is 11.7. The van der Waals surface area contributed by atoms with Crippen molar-refractivity contribution < 1.29 is 4.79 Å². The highest BCUT2D eigenvalue weighted by molar-refractivity contribution is 7.22. The number of nitrogens with one attached hydrogen (secondary N) is 1. The molecule has 1 amide bonds. The number of piperidine rings is 1. The zero-order chi connectivity index (χ0) is 20.9. The molecule has 2 aliphatic rings. The van der Waals surface area contributed by atoms with E-state index in [1.54, 1.807) is 11.3 Å². The van der Waals surface area contributed by atoms with Gasteiger partial charge in [-0.2, -0.15) is 0 Å². The van der Waals surface area contributed by atoms with Gasteiger partial charge in [-0.05, 0) is 82.8 Å². The number of aromatic nitrogens is 1. The van der Waals surface area contributed by atoms with E-state index in [0.29, 0.717) is 0 Å². The normalized spacial score (nSPS) is 19.2. The molecule has 0 bridgehead atoms. The van der Waals surface area contributed by atoms with Gasteiger partial charge in [-0.25, -0.2) is 4.98 Å². The summed E-state index contributed by atoms with van der Waals surface area (Å²) in [5, 5.41) is 4.31. The van der Waals surface area contributed by atoms with Gasteiger partial charge in [0, 0.05) is 25.6 Å². The summed E-state index contributed by atoms with van der Waals surface area (Å²) >= 11 is 1.78. The first kappa shape index (κ1) is 21.6. The molecule has 4 rings (SSSR count). The van der Waals surface area contributed by atoms with E-state index >= 15 is 0 Å². The zero-order valence-corrected chi connectivity index (χ0v) is 19.4. The van der Waals surface area contributed by atoms with Crippen LogP contribution in [0.3, 0.4) is 0 Å². The first-order valence-corrected chi connectivity index (χ1v) is 12.5. The molecule has 3 heterocycles. The molecule has 5 nitrogen and oxygen atoms in total. The molecular weight excluding hydrogens is 392 g/mol. The van der Waals surface area contributed by atoms with Crippen LogP contribution in [0.15, 0.2) is 12.1 Å². The van der Waals surface area contributed by atoms with Gasteiger partial charge in [0.05, 0.1) is 10.2 Å². The fourth-order valence-corrected chi connectivity index (χ4v) is 6.04. The summed E-state index contributed by atoms with van der Waals surface area (Å²) in [6.45, 7) is 10.5. The van der Waals surface area contributed by atoms with Crippen molar-refractivity contribution in [3.05, 3.63) is 23.3 Å². The minimum Gasteiger partial charge on any atom is -0.356 e. The molecule has 0 saturated carbocycles. The van der Waals surface area contributed by atoms with Gasteiger partial charge in [0.15, 0.2) is 5.13 Å². The molecule has 1 N–H and O–H groups in total. The highest BCUT2D eigenvalue weighted by atomic mass is 32.1. The van der Waals surface area contributed by atoms with E-state index in [-0.39, 0.29) is 11.8 Å². The number of hydrogen-bond donors (Lipinski definition) is 1. The lowest BCUT2D eigenvalue weighted by atomic mass is 9.96. The third-order valence-electron chi connectivity index (χ3n) is 6.60. The summed E-state index contributed by atoms with van der Waals surface area (Å²) in [4.78, 5) is 22.4. The second kappa shape index (κ2) is 10.1. The number of carbonyl (C=O) groups is 1. The van der Waals surface area contributed by atoms with Crippen LogP contribution in [0, 0.1) is 19.8 Å². The van der Waals surface area contributed by atoms with E-state index in [1.807, 2.05) is 0 Å². The number of benzene rings is 1. The largest absolute Gasteiger partial charge is 0.356 e. The third-order valence-corrected chi connectivity index (χ3v) is 7.67. The molecule has 2 saturated heterocycles. The summed E-state index contributed by atoms with van der Waals surface area (Å²) < 4.78 is 1.27. The first-order chi connectivity index (χ1) is 14.6. The molecule has 0 unspecified atom stereocenters. The van der Waals surface area contributed by atoms with E-state index in [2.05, 4.69) is 41.1 Å². The Hall–Kier alpha value is -1.66. The fourth-order valence-electron chi connectivity index (χ4n) is 4.85. The van der Waals surface area contributed by atoms with Crippen molar-refractivity contribution >= 4 is 32.6 Å². The number of rotatable bonds is 6. The molecule has 0 radical (unpaired) electrons. The van der Waals surface area contributed by atoms with Crippen molar-refractivity contribution in [1.82, 2.24) is 15.2 Å². The summed E-state index contributed by atoms with van der Waals surface area (Å²) in [6.07, 6.45) is 8.33. The number of carbonyl (C=O) groups excluding carboxylic acids is 1. The Kier molecular flexibility index (Phi) is 7.26. The summed E-state index contributed by atoms with van der Waals surface area (Å²) in [7, 11) is 0. The van der Waals surface area contributed by atoms with Crippen LogP contribution in [0.25, 0.3) is 10.2 Å². The smallest absolute Gasteiger partial charge is 0.223 e. The fraction of sp³-hybridized carbons (Fsp3) is 0.667. The SMILES string of the molecule is Cc1cc(C)c2nc(N3CCC(C(=O)NCCCN4CCCCCC4)CC3)sc2c1. The van der Waals surface area contributed by atoms with Crippen LogP contribution in [0.1, 0.15) is 56.1 Å². The highest BCUT2D eigenvalue weighted by Gasteiger charge is 2.26. The molecule has 2 aromatic rings. The van der Waals surface area contributed by atoms with Gasteiger partial charge in [0.1, 0.15) is 0 Å². The van der Waals surface area contributed by atoms with Crippen LogP contribution in [0.2, 0.25) is 0 Å². The number of likely N-dealkylation sites (tertiary alicyclic amines) is 1. The van der Waals surface area contributed by atoms with Crippen molar-refractivity contribution in [2.75, 3.05) is 44.2 Å².